The third-order valence-electron chi connectivity index (χ3n) is 4.00. The number of nitrogens with zero attached hydrogens (tertiary/aromatic N) is 1. The molecule has 0 radical (unpaired) electrons. The van der Waals surface area contributed by atoms with E-state index in [1.807, 2.05) is 18.2 Å². The van der Waals surface area contributed by atoms with Crippen molar-refractivity contribution in [3.8, 4) is 0 Å². The number of hydrogen-bond acceptors (Lipinski definition) is 3. The third kappa shape index (κ3) is 3.89. The van der Waals surface area contributed by atoms with E-state index in [1.54, 1.807) is 18.0 Å². The lowest BCUT2D eigenvalue weighted by atomic mass is 9.97. The van der Waals surface area contributed by atoms with Crippen LogP contribution in [0.5, 0.6) is 0 Å². The number of hydrogen-bond donors (Lipinski definition) is 1. The zero-order chi connectivity index (χ0) is 15.2. The molecule has 3 rings (SSSR count). The summed E-state index contributed by atoms with van der Waals surface area (Å²) < 4.78 is 0. The SMILES string of the molecule is O=C(C[C@@H]1CCc2ccccc21)NCCSc1ccccn1. The van der Waals surface area contributed by atoms with Gasteiger partial charge in [-0.3, -0.25) is 4.79 Å². The van der Waals surface area contributed by atoms with Crippen molar-refractivity contribution < 1.29 is 4.79 Å². The molecule has 1 aromatic carbocycles. The number of fused-ring (bicyclic) bond motifs is 1. The maximum atomic E-state index is 12.1. The highest BCUT2D eigenvalue weighted by Gasteiger charge is 2.23. The van der Waals surface area contributed by atoms with Gasteiger partial charge in [-0.25, -0.2) is 4.98 Å². The number of nitrogens with one attached hydrogen (secondary N) is 1. The molecule has 0 saturated heterocycles. The van der Waals surface area contributed by atoms with Gasteiger partial charge in [0.15, 0.2) is 0 Å². The van der Waals surface area contributed by atoms with Gasteiger partial charge in [-0.1, -0.05) is 30.3 Å². The average molecular weight is 312 g/mol. The van der Waals surface area contributed by atoms with Crippen molar-refractivity contribution in [3.05, 3.63) is 59.8 Å². The Morgan fingerprint density at radius 1 is 1.23 bits per heavy atom. The van der Waals surface area contributed by atoms with Crippen molar-refractivity contribution in [1.29, 1.82) is 0 Å². The van der Waals surface area contributed by atoms with E-state index in [-0.39, 0.29) is 5.91 Å². The van der Waals surface area contributed by atoms with Gasteiger partial charge in [-0.05, 0) is 42.0 Å². The molecular formula is C18H20N2OS. The van der Waals surface area contributed by atoms with Crippen LogP contribution in [-0.4, -0.2) is 23.2 Å². The summed E-state index contributed by atoms with van der Waals surface area (Å²) >= 11 is 1.67. The number of amides is 1. The van der Waals surface area contributed by atoms with Crippen molar-refractivity contribution in [2.24, 2.45) is 0 Å². The number of benzene rings is 1. The Balaban J connectivity index is 1.40. The second-order valence-electron chi connectivity index (χ2n) is 5.50. The van der Waals surface area contributed by atoms with E-state index in [4.69, 9.17) is 0 Å². The van der Waals surface area contributed by atoms with E-state index in [0.29, 0.717) is 18.9 Å². The first kappa shape index (κ1) is 15.1. The molecule has 1 amide bonds. The van der Waals surface area contributed by atoms with E-state index >= 15 is 0 Å². The van der Waals surface area contributed by atoms with E-state index in [1.165, 1.54) is 11.1 Å². The summed E-state index contributed by atoms with van der Waals surface area (Å²) in [5.41, 5.74) is 2.77. The minimum Gasteiger partial charge on any atom is -0.355 e. The number of carbonyl (C=O) groups excluding carboxylic acids is 1. The number of aromatic nitrogens is 1. The zero-order valence-corrected chi connectivity index (χ0v) is 13.3. The summed E-state index contributed by atoms with van der Waals surface area (Å²) in [7, 11) is 0. The summed E-state index contributed by atoms with van der Waals surface area (Å²) in [6.45, 7) is 0.689. The molecule has 0 unspecified atom stereocenters. The van der Waals surface area contributed by atoms with Crippen LogP contribution in [0.4, 0.5) is 0 Å². The Kier molecular flexibility index (Phi) is 5.11. The lowest BCUT2D eigenvalue weighted by molar-refractivity contribution is -0.121. The molecule has 0 saturated carbocycles. The van der Waals surface area contributed by atoms with Crippen LogP contribution in [0, 0.1) is 0 Å². The lowest BCUT2D eigenvalue weighted by Gasteiger charge is -2.11. The van der Waals surface area contributed by atoms with Crippen LogP contribution in [0.25, 0.3) is 0 Å². The Bertz CT molecular complexity index is 630. The minimum atomic E-state index is 0.156. The fourth-order valence-electron chi connectivity index (χ4n) is 2.93. The molecule has 1 heterocycles. The van der Waals surface area contributed by atoms with Crippen LogP contribution >= 0.6 is 11.8 Å². The second kappa shape index (κ2) is 7.45. The largest absolute Gasteiger partial charge is 0.355 e. The third-order valence-corrected chi connectivity index (χ3v) is 4.95. The van der Waals surface area contributed by atoms with Gasteiger partial charge in [0.25, 0.3) is 0 Å². The molecule has 3 nitrogen and oxygen atoms in total. The molecule has 0 aliphatic heterocycles. The molecule has 2 aromatic rings. The summed E-state index contributed by atoms with van der Waals surface area (Å²) in [5, 5.41) is 4.02. The fourth-order valence-corrected chi connectivity index (χ4v) is 3.66. The summed E-state index contributed by atoms with van der Waals surface area (Å²) in [6, 6.07) is 14.4. The van der Waals surface area contributed by atoms with Gasteiger partial charge in [0.1, 0.15) is 0 Å². The highest BCUT2D eigenvalue weighted by atomic mass is 32.2. The molecule has 114 valence electrons. The van der Waals surface area contributed by atoms with Gasteiger partial charge in [-0.15, -0.1) is 11.8 Å². The number of pyridine rings is 1. The molecule has 1 atom stereocenters. The summed E-state index contributed by atoms with van der Waals surface area (Å²) in [4.78, 5) is 16.3. The van der Waals surface area contributed by atoms with E-state index in [9.17, 15) is 4.79 Å². The molecule has 1 aromatic heterocycles. The molecule has 0 bridgehead atoms. The Labute approximate surface area is 135 Å². The Morgan fingerprint density at radius 3 is 2.95 bits per heavy atom. The molecule has 4 heteroatoms. The summed E-state index contributed by atoms with van der Waals surface area (Å²) in [6.07, 6.45) is 4.59. The number of rotatable bonds is 6. The van der Waals surface area contributed by atoms with Crippen LogP contribution in [0.15, 0.2) is 53.7 Å². The van der Waals surface area contributed by atoms with Crippen LogP contribution in [0.3, 0.4) is 0 Å². The quantitative estimate of drug-likeness (QED) is 0.656. The smallest absolute Gasteiger partial charge is 0.220 e. The first-order chi connectivity index (χ1) is 10.8. The van der Waals surface area contributed by atoms with Crippen molar-refractivity contribution >= 4 is 17.7 Å². The maximum absolute atomic E-state index is 12.1. The number of aryl methyl sites for hydroxylation is 1. The van der Waals surface area contributed by atoms with E-state index in [2.05, 4.69) is 34.6 Å². The minimum absolute atomic E-state index is 0.156. The van der Waals surface area contributed by atoms with Gasteiger partial charge in [0.05, 0.1) is 5.03 Å². The first-order valence-corrected chi connectivity index (χ1v) is 8.70. The molecular weight excluding hydrogens is 292 g/mol. The van der Waals surface area contributed by atoms with Crippen LogP contribution in [-0.2, 0) is 11.2 Å². The van der Waals surface area contributed by atoms with Gasteiger partial charge in [0.2, 0.25) is 5.91 Å². The number of carbonyl (C=O) groups is 1. The fraction of sp³-hybridized carbons (Fsp3) is 0.333. The zero-order valence-electron chi connectivity index (χ0n) is 12.5. The van der Waals surface area contributed by atoms with Crippen LogP contribution in [0.1, 0.15) is 29.9 Å². The monoisotopic (exact) mass is 312 g/mol. The van der Waals surface area contributed by atoms with Crippen molar-refractivity contribution in [1.82, 2.24) is 10.3 Å². The predicted molar refractivity (Wildman–Crippen MR) is 90.1 cm³/mol. The van der Waals surface area contributed by atoms with Crippen molar-refractivity contribution in [2.45, 2.75) is 30.2 Å². The second-order valence-corrected chi connectivity index (χ2v) is 6.62. The van der Waals surface area contributed by atoms with Gasteiger partial charge in [0, 0.05) is 24.9 Å². The topological polar surface area (TPSA) is 42.0 Å². The molecule has 22 heavy (non-hydrogen) atoms. The molecule has 0 spiro atoms. The number of thioether (sulfide) groups is 1. The molecule has 0 fully saturated rings. The standard InChI is InChI=1S/C18H20N2OS/c21-17(19-11-12-22-18-7-3-4-10-20-18)13-15-9-8-14-5-1-2-6-16(14)15/h1-7,10,15H,8-9,11-13H2,(H,19,21)/t15-/m0/s1. The molecule has 1 aliphatic rings. The maximum Gasteiger partial charge on any atom is 0.220 e. The Morgan fingerprint density at radius 2 is 2.09 bits per heavy atom. The van der Waals surface area contributed by atoms with Gasteiger partial charge >= 0.3 is 0 Å². The van der Waals surface area contributed by atoms with Gasteiger partial charge < -0.3 is 5.32 Å². The van der Waals surface area contributed by atoms with Crippen LogP contribution < -0.4 is 5.32 Å². The average Bonchev–Trinajstić information content (AvgIpc) is 2.96. The highest BCUT2D eigenvalue weighted by Crippen LogP contribution is 2.34. The van der Waals surface area contributed by atoms with E-state index in [0.717, 1.165) is 23.6 Å². The van der Waals surface area contributed by atoms with E-state index < -0.39 is 0 Å². The molecule has 1 aliphatic carbocycles. The molecule has 1 N–H and O–H groups in total. The van der Waals surface area contributed by atoms with Crippen molar-refractivity contribution in [3.63, 3.8) is 0 Å². The Hall–Kier alpha value is -1.81. The normalized spacial score (nSPS) is 16.3. The van der Waals surface area contributed by atoms with Crippen molar-refractivity contribution in [2.75, 3.05) is 12.3 Å². The van der Waals surface area contributed by atoms with Gasteiger partial charge in [-0.2, -0.15) is 0 Å². The van der Waals surface area contributed by atoms with Crippen LogP contribution in [0.2, 0.25) is 0 Å². The first-order valence-electron chi connectivity index (χ1n) is 7.71. The highest BCUT2D eigenvalue weighted by molar-refractivity contribution is 7.99. The summed E-state index contributed by atoms with van der Waals surface area (Å²) in [5.74, 6) is 1.40. The predicted octanol–water partition coefficient (Wildman–Crippen LogP) is 3.41. The lowest BCUT2D eigenvalue weighted by Crippen LogP contribution is -2.26.